The van der Waals surface area contributed by atoms with Gasteiger partial charge in [0.2, 0.25) is 0 Å². The van der Waals surface area contributed by atoms with Crippen LogP contribution < -0.4 is 10.1 Å². The normalized spacial score (nSPS) is 18.2. The number of hydrogen-bond acceptors (Lipinski definition) is 3. The van der Waals surface area contributed by atoms with E-state index in [1.54, 1.807) is 18.2 Å². The molecular weight excluding hydrogens is 305 g/mol. The van der Waals surface area contributed by atoms with Gasteiger partial charge in [-0.15, -0.1) is 13.2 Å². The summed E-state index contributed by atoms with van der Waals surface area (Å²) >= 11 is 0. The average Bonchev–Trinajstić information content (AvgIpc) is 2.48. The first kappa shape index (κ1) is 18.1. The molecule has 0 aromatic heterocycles. The number of nitrogens with zero attached hydrogens (tertiary/aromatic N) is 1. The molecule has 0 radical (unpaired) electrons. The van der Waals surface area contributed by atoms with Crippen molar-refractivity contribution in [2.45, 2.75) is 39.1 Å². The second-order valence-electron chi connectivity index (χ2n) is 6.36. The highest BCUT2D eigenvalue weighted by Gasteiger charge is 2.34. The molecule has 3 nitrogen and oxygen atoms in total. The van der Waals surface area contributed by atoms with Gasteiger partial charge in [0.25, 0.3) is 0 Å². The van der Waals surface area contributed by atoms with Crippen molar-refractivity contribution in [3.63, 3.8) is 0 Å². The quantitative estimate of drug-likeness (QED) is 0.854. The predicted octanol–water partition coefficient (Wildman–Crippen LogP) is 3.97. The number of piperazine rings is 1. The van der Waals surface area contributed by atoms with Crippen LogP contribution >= 0.6 is 0 Å². The van der Waals surface area contributed by atoms with Crippen LogP contribution in [0.4, 0.5) is 13.2 Å². The molecule has 0 amide bonds. The summed E-state index contributed by atoms with van der Waals surface area (Å²) in [6.07, 6.45) is -2.87. The lowest BCUT2D eigenvalue weighted by Gasteiger charge is -2.36. The van der Waals surface area contributed by atoms with Gasteiger partial charge in [-0.05, 0) is 24.8 Å². The Hall–Kier alpha value is -1.27. The van der Waals surface area contributed by atoms with Gasteiger partial charge in [0, 0.05) is 37.8 Å². The molecule has 0 bridgehead atoms. The second-order valence-corrected chi connectivity index (χ2v) is 6.36. The van der Waals surface area contributed by atoms with E-state index in [2.05, 4.69) is 28.8 Å². The summed E-state index contributed by atoms with van der Waals surface area (Å²) in [5, 5.41) is 3.29. The number of benzene rings is 1. The zero-order chi connectivity index (χ0) is 16.9. The zero-order valence-electron chi connectivity index (χ0n) is 13.7. The fraction of sp³-hybridized carbons (Fsp3) is 0.647. The molecule has 1 saturated heterocycles. The van der Waals surface area contributed by atoms with Gasteiger partial charge in [0.1, 0.15) is 5.75 Å². The standard InChI is InChI=1S/C17H25F3N2O/c1-13(2)7-8-15(22-11-9-21-10-12-22)14-5-3-4-6-16(14)23-17(18,19)20/h3-6,13,15,21H,7-12H2,1-2H3/t15-/m0/s1. The molecule has 1 atom stereocenters. The number of para-hydroxylation sites is 1. The van der Waals surface area contributed by atoms with Crippen LogP contribution in [-0.2, 0) is 0 Å². The zero-order valence-corrected chi connectivity index (χ0v) is 13.7. The summed E-state index contributed by atoms with van der Waals surface area (Å²) in [4.78, 5) is 2.26. The maximum atomic E-state index is 12.7. The monoisotopic (exact) mass is 330 g/mol. The van der Waals surface area contributed by atoms with Crippen LogP contribution in [0.2, 0.25) is 0 Å². The lowest BCUT2D eigenvalue weighted by atomic mass is 9.95. The van der Waals surface area contributed by atoms with E-state index in [4.69, 9.17) is 0 Å². The van der Waals surface area contributed by atoms with Gasteiger partial charge in [-0.2, -0.15) is 0 Å². The van der Waals surface area contributed by atoms with E-state index < -0.39 is 6.36 Å². The van der Waals surface area contributed by atoms with Crippen LogP contribution in [-0.4, -0.2) is 37.4 Å². The van der Waals surface area contributed by atoms with Gasteiger partial charge in [0.05, 0.1) is 0 Å². The van der Waals surface area contributed by atoms with E-state index in [1.165, 1.54) is 6.07 Å². The summed E-state index contributed by atoms with van der Waals surface area (Å²) in [5.74, 6) is 0.434. The molecule has 130 valence electrons. The fourth-order valence-electron chi connectivity index (χ4n) is 2.99. The third-order valence-corrected chi connectivity index (χ3v) is 4.11. The van der Waals surface area contributed by atoms with E-state index in [9.17, 15) is 13.2 Å². The van der Waals surface area contributed by atoms with Crippen molar-refractivity contribution in [3.8, 4) is 5.75 Å². The van der Waals surface area contributed by atoms with Crippen molar-refractivity contribution >= 4 is 0 Å². The van der Waals surface area contributed by atoms with Crippen LogP contribution in [0.1, 0.15) is 38.3 Å². The number of nitrogens with one attached hydrogen (secondary N) is 1. The fourth-order valence-corrected chi connectivity index (χ4v) is 2.99. The molecule has 0 unspecified atom stereocenters. The van der Waals surface area contributed by atoms with Crippen molar-refractivity contribution < 1.29 is 17.9 Å². The summed E-state index contributed by atoms with van der Waals surface area (Å²) in [5.41, 5.74) is 0.632. The number of ether oxygens (including phenoxy) is 1. The molecule has 2 rings (SSSR count). The Labute approximate surface area is 135 Å². The number of rotatable bonds is 6. The second kappa shape index (κ2) is 8.02. The molecule has 23 heavy (non-hydrogen) atoms. The molecule has 1 aromatic carbocycles. The lowest BCUT2D eigenvalue weighted by molar-refractivity contribution is -0.275. The van der Waals surface area contributed by atoms with Gasteiger partial charge >= 0.3 is 6.36 Å². The first-order chi connectivity index (χ1) is 10.9. The first-order valence-corrected chi connectivity index (χ1v) is 8.16. The van der Waals surface area contributed by atoms with Crippen molar-refractivity contribution in [2.75, 3.05) is 26.2 Å². The van der Waals surface area contributed by atoms with Crippen LogP contribution in [0.15, 0.2) is 24.3 Å². The Kier molecular flexibility index (Phi) is 6.30. The topological polar surface area (TPSA) is 24.5 Å². The maximum Gasteiger partial charge on any atom is 0.573 e. The SMILES string of the molecule is CC(C)CC[C@@H](c1ccccc1OC(F)(F)F)N1CCNCC1. The molecule has 6 heteroatoms. The van der Waals surface area contributed by atoms with Crippen molar-refractivity contribution in [3.05, 3.63) is 29.8 Å². The van der Waals surface area contributed by atoms with E-state index in [1.807, 2.05) is 0 Å². The van der Waals surface area contributed by atoms with E-state index >= 15 is 0 Å². The summed E-state index contributed by atoms with van der Waals surface area (Å²) in [7, 11) is 0. The van der Waals surface area contributed by atoms with Gasteiger partial charge < -0.3 is 10.1 Å². The molecule has 1 fully saturated rings. The van der Waals surface area contributed by atoms with Gasteiger partial charge in [-0.25, -0.2) is 0 Å². The van der Waals surface area contributed by atoms with E-state index in [0.29, 0.717) is 11.5 Å². The number of alkyl halides is 3. The van der Waals surface area contributed by atoms with E-state index in [-0.39, 0.29) is 11.8 Å². The highest BCUT2D eigenvalue weighted by atomic mass is 19.4. The van der Waals surface area contributed by atoms with Gasteiger partial charge in [-0.1, -0.05) is 32.0 Å². The van der Waals surface area contributed by atoms with Crippen LogP contribution in [0, 0.1) is 5.92 Å². The van der Waals surface area contributed by atoms with Gasteiger partial charge in [0.15, 0.2) is 0 Å². The number of halogens is 3. The molecule has 0 spiro atoms. The van der Waals surface area contributed by atoms with Crippen LogP contribution in [0.5, 0.6) is 5.75 Å². The summed E-state index contributed by atoms with van der Waals surface area (Å²) < 4.78 is 42.4. The predicted molar refractivity (Wildman–Crippen MR) is 84.4 cm³/mol. The Bertz CT molecular complexity index is 485. The van der Waals surface area contributed by atoms with Crippen molar-refractivity contribution in [2.24, 2.45) is 5.92 Å². The highest BCUT2D eigenvalue weighted by Crippen LogP contribution is 2.36. The van der Waals surface area contributed by atoms with Crippen LogP contribution in [0.25, 0.3) is 0 Å². The molecular formula is C17H25F3N2O. The molecule has 1 aliphatic rings. The first-order valence-electron chi connectivity index (χ1n) is 8.16. The molecule has 1 aliphatic heterocycles. The van der Waals surface area contributed by atoms with Crippen molar-refractivity contribution in [1.29, 1.82) is 0 Å². The lowest BCUT2D eigenvalue weighted by Crippen LogP contribution is -2.45. The Morgan fingerprint density at radius 2 is 1.78 bits per heavy atom. The van der Waals surface area contributed by atoms with Crippen LogP contribution in [0.3, 0.4) is 0 Å². The minimum atomic E-state index is -4.66. The Morgan fingerprint density at radius 1 is 1.13 bits per heavy atom. The average molecular weight is 330 g/mol. The molecule has 0 aliphatic carbocycles. The Balaban J connectivity index is 2.26. The molecule has 1 N–H and O–H groups in total. The summed E-state index contributed by atoms with van der Waals surface area (Å²) in [6.45, 7) is 7.66. The van der Waals surface area contributed by atoms with Crippen molar-refractivity contribution in [1.82, 2.24) is 10.2 Å². The highest BCUT2D eigenvalue weighted by molar-refractivity contribution is 5.36. The molecule has 1 aromatic rings. The number of hydrogen-bond donors (Lipinski definition) is 1. The largest absolute Gasteiger partial charge is 0.573 e. The minimum Gasteiger partial charge on any atom is -0.405 e. The van der Waals surface area contributed by atoms with Gasteiger partial charge in [-0.3, -0.25) is 4.90 Å². The molecule has 0 saturated carbocycles. The van der Waals surface area contributed by atoms with E-state index in [0.717, 1.165) is 39.0 Å². The third kappa shape index (κ3) is 5.70. The smallest absolute Gasteiger partial charge is 0.405 e. The third-order valence-electron chi connectivity index (χ3n) is 4.11. The minimum absolute atomic E-state index is 0.0435. The summed E-state index contributed by atoms with van der Waals surface area (Å²) in [6, 6.07) is 6.49. The maximum absolute atomic E-state index is 12.7. The Morgan fingerprint density at radius 3 is 2.39 bits per heavy atom. The molecule has 1 heterocycles.